The van der Waals surface area contributed by atoms with Crippen LogP contribution in [0.1, 0.15) is 33.6 Å². The average molecular weight is 239 g/mol. The van der Waals surface area contributed by atoms with Gasteiger partial charge in [0.05, 0.1) is 0 Å². The van der Waals surface area contributed by atoms with Crippen LogP contribution in [0.2, 0.25) is 0 Å². The molecule has 3 heteroatoms. The van der Waals surface area contributed by atoms with Crippen LogP contribution in [0.3, 0.4) is 0 Å². The van der Waals surface area contributed by atoms with Crippen molar-refractivity contribution < 1.29 is 0 Å². The highest BCUT2D eigenvalue weighted by Gasteiger charge is 2.35. The van der Waals surface area contributed by atoms with Gasteiger partial charge in [0.2, 0.25) is 0 Å². The molecule has 2 aliphatic heterocycles. The minimum atomic E-state index is 0.330. The van der Waals surface area contributed by atoms with Crippen LogP contribution >= 0.6 is 0 Å². The maximum absolute atomic E-state index is 3.56. The van der Waals surface area contributed by atoms with Crippen molar-refractivity contribution in [1.29, 1.82) is 0 Å². The molecule has 2 heterocycles. The van der Waals surface area contributed by atoms with Gasteiger partial charge < -0.3 is 5.32 Å². The predicted molar refractivity (Wildman–Crippen MR) is 73.4 cm³/mol. The van der Waals surface area contributed by atoms with Crippen LogP contribution in [0.15, 0.2) is 0 Å². The van der Waals surface area contributed by atoms with Gasteiger partial charge in [0.1, 0.15) is 0 Å². The molecule has 0 saturated carbocycles. The van der Waals surface area contributed by atoms with E-state index >= 15 is 0 Å². The van der Waals surface area contributed by atoms with Crippen molar-refractivity contribution >= 4 is 0 Å². The highest BCUT2D eigenvalue weighted by atomic mass is 15.3. The fraction of sp³-hybridized carbons (Fsp3) is 1.00. The van der Waals surface area contributed by atoms with E-state index in [9.17, 15) is 0 Å². The molecule has 0 radical (unpaired) electrons. The first-order valence-electron chi connectivity index (χ1n) is 7.06. The van der Waals surface area contributed by atoms with E-state index in [0.29, 0.717) is 11.0 Å². The van der Waals surface area contributed by atoms with Gasteiger partial charge in [-0.3, -0.25) is 9.80 Å². The Morgan fingerprint density at radius 1 is 1.18 bits per heavy atom. The van der Waals surface area contributed by atoms with Gasteiger partial charge in [-0.15, -0.1) is 0 Å². The largest absolute Gasteiger partial charge is 0.316 e. The molecular weight excluding hydrogens is 210 g/mol. The Morgan fingerprint density at radius 2 is 1.94 bits per heavy atom. The average Bonchev–Trinajstić information content (AvgIpc) is 2.24. The van der Waals surface area contributed by atoms with Crippen molar-refractivity contribution in [2.24, 2.45) is 5.41 Å². The second-order valence-corrected chi connectivity index (χ2v) is 7.04. The first kappa shape index (κ1) is 13.3. The van der Waals surface area contributed by atoms with Crippen LogP contribution < -0.4 is 5.32 Å². The molecule has 0 spiro atoms. The Labute approximate surface area is 107 Å². The summed E-state index contributed by atoms with van der Waals surface area (Å²) in [6.07, 6.45) is 2.72. The van der Waals surface area contributed by atoms with Crippen molar-refractivity contribution in [2.45, 2.75) is 39.2 Å². The van der Waals surface area contributed by atoms with Crippen molar-refractivity contribution in [3.63, 3.8) is 0 Å². The summed E-state index contributed by atoms with van der Waals surface area (Å²) >= 11 is 0. The van der Waals surface area contributed by atoms with E-state index < -0.39 is 0 Å². The molecule has 0 aliphatic carbocycles. The molecule has 0 aromatic rings. The maximum Gasteiger partial charge on any atom is 0.0277 e. The van der Waals surface area contributed by atoms with Crippen LogP contribution in [0.4, 0.5) is 0 Å². The summed E-state index contributed by atoms with van der Waals surface area (Å²) in [5.41, 5.74) is 0.820. The molecule has 100 valence electrons. The quantitative estimate of drug-likeness (QED) is 0.786. The van der Waals surface area contributed by atoms with E-state index in [0.717, 1.165) is 0 Å². The summed E-state index contributed by atoms with van der Waals surface area (Å²) in [6.45, 7) is 14.5. The van der Waals surface area contributed by atoms with E-state index in [4.69, 9.17) is 0 Å². The molecule has 2 rings (SSSR count). The molecular formula is C14H29N3. The van der Waals surface area contributed by atoms with Crippen molar-refractivity contribution in [1.82, 2.24) is 15.1 Å². The third-order valence-electron chi connectivity index (χ3n) is 4.69. The number of piperazine rings is 1. The minimum Gasteiger partial charge on any atom is -0.316 e. The molecule has 1 N–H and O–H groups in total. The lowest BCUT2D eigenvalue weighted by molar-refractivity contribution is 0.0142. The summed E-state index contributed by atoms with van der Waals surface area (Å²) in [4.78, 5) is 5.16. The zero-order valence-electron chi connectivity index (χ0n) is 12.1. The molecule has 2 aliphatic rings. The molecule has 17 heavy (non-hydrogen) atoms. The van der Waals surface area contributed by atoms with Gasteiger partial charge in [0, 0.05) is 38.3 Å². The lowest BCUT2D eigenvalue weighted by Gasteiger charge is -2.48. The zero-order valence-corrected chi connectivity index (χ0v) is 12.1. The van der Waals surface area contributed by atoms with Crippen molar-refractivity contribution in [3.8, 4) is 0 Å². The number of nitrogens with one attached hydrogen (secondary N) is 1. The Morgan fingerprint density at radius 3 is 2.53 bits per heavy atom. The SMILES string of the molecule is CN1CCN(CC2(C)CCCNC2)CC1(C)C. The van der Waals surface area contributed by atoms with Crippen LogP contribution in [0.5, 0.6) is 0 Å². The smallest absolute Gasteiger partial charge is 0.0277 e. The highest BCUT2D eigenvalue weighted by Crippen LogP contribution is 2.29. The Balaban J connectivity index is 1.91. The third-order valence-corrected chi connectivity index (χ3v) is 4.69. The second kappa shape index (κ2) is 4.87. The first-order valence-corrected chi connectivity index (χ1v) is 7.06. The summed E-state index contributed by atoms with van der Waals surface area (Å²) in [5, 5.41) is 3.56. The third kappa shape index (κ3) is 3.21. The van der Waals surface area contributed by atoms with E-state index in [2.05, 4.69) is 42.9 Å². The van der Waals surface area contributed by atoms with E-state index in [1.807, 2.05) is 0 Å². The topological polar surface area (TPSA) is 18.5 Å². The van der Waals surface area contributed by atoms with Gasteiger partial charge in [-0.05, 0) is 45.7 Å². The van der Waals surface area contributed by atoms with Gasteiger partial charge in [-0.2, -0.15) is 0 Å². The lowest BCUT2D eigenvalue weighted by Crippen LogP contribution is -2.59. The molecule has 1 unspecified atom stereocenters. The van der Waals surface area contributed by atoms with Crippen LogP contribution in [-0.2, 0) is 0 Å². The Kier molecular flexibility index (Phi) is 3.81. The number of likely N-dealkylation sites (N-methyl/N-ethyl adjacent to an activating group) is 1. The molecule has 0 aromatic carbocycles. The second-order valence-electron chi connectivity index (χ2n) is 7.04. The van der Waals surface area contributed by atoms with Gasteiger partial charge >= 0.3 is 0 Å². The van der Waals surface area contributed by atoms with Crippen molar-refractivity contribution in [2.75, 3.05) is 46.3 Å². The van der Waals surface area contributed by atoms with E-state index in [1.165, 1.54) is 52.1 Å². The number of piperidine rings is 1. The molecule has 0 amide bonds. The molecule has 1 atom stereocenters. The molecule has 2 saturated heterocycles. The summed E-state index contributed by atoms with van der Waals surface area (Å²) in [7, 11) is 2.25. The molecule has 2 fully saturated rings. The highest BCUT2D eigenvalue weighted by molar-refractivity contribution is 4.92. The normalized spacial score (nSPS) is 36.0. The van der Waals surface area contributed by atoms with Gasteiger partial charge in [0.25, 0.3) is 0 Å². The Hall–Kier alpha value is -0.120. The van der Waals surface area contributed by atoms with Gasteiger partial charge in [0.15, 0.2) is 0 Å². The minimum absolute atomic E-state index is 0.330. The monoisotopic (exact) mass is 239 g/mol. The number of nitrogens with zero attached hydrogens (tertiary/aromatic N) is 2. The molecule has 0 aromatic heterocycles. The zero-order chi connectivity index (χ0) is 12.5. The Bertz CT molecular complexity index is 256. The van der Waals surface area contributed by atoms with Gasteiger partial charge in [-0.1, -0.05) is 6.92 Å². The summed E-state index contributed by atoms with van der Waals surface area (Å²) in [6, 6.07) is 0. The number of hydrogen-bond donors (Lipinski definition) is 1. The summed E-state index contributed by atoms with van der Waals surface area (Å²) in [5.74, 6) is 0. The van der Waals surface area contributed by atoms with Crippen molar-refractivity contribution in [3.05, 3.63) is 0 Å². The summed E-state index contributed by atoms with van der Waals surface area (Å²) < 4.78 is 0. The number of hydrogen-bond acceptors (Lipinski definition) is 3. The molecule has 3 nitrogen and oxygen atoms in total. The number of rotatable bonds is 2. The van der Waals surface area contributed by atoms with Crippen LogP contribution in [0, 0.1) is 5.41 Å². The fourth-order valence-electron chi connectivity index (χ4n) is 3.27. The first-order chi connectivity index (χ1) is 7.91. The van der Waals surface area contributed by atoms with E-state index in [-0.39, 0.29) is 0 Å². The lowest BCUT2D eigenvalue weighted by atomic mass is 9.81. The fourth-order valence-corrected chi connectivity index (χ4v) is 3.27. The molecule has 0 bridgehead atoms. The predicted octanol–water partition coefficient (Wildman–Crippen LogP) is 1.40. The standard InChI is InChI=1S/C14H29N3/c1-13(2)11-17(9-8-16(13)4)12-14(3)6-5-7-15-10-14/h15H,5-12H2,1-4H3. The van der Waals surface area contributed by atoms with Crippen LogP contribution in [0.25, 0.3) is 0 Å². The van der Waals surface area contributed by atoms with Gasteiger partial charge in [-0.25, -0.2) is 0 Å². The van der Waals surface area contributed by atoms with Crippen LogP contribution in [-0.4, -0.2) is 61.7 Å². The maximum atomic E-state index is 3.56. The van der Waals surface area contributed by atoms with E-state index in [1.54, 1.807) is 0 Å².